The van der Waals surface area contributed by atoms with E-state index in [1.54, 1.807) is 19.5 Å². The lowest BCUT2D eigenvalue weighted by Crippen LogP contribution is -2.50. The highest BCUT2D eigenvalue weighted by Crippen LogP contribution is 2.28. The molecule has 9 heteroatoms. The Morgan fingerprint density at radius 3 is 2.67 bits per heavy atom. The Morgan fingerprint density at radius 1 is 1.18 bits per heavy atom. The van der Waals surface area contributed by atoms with Gasteiger partial charge in [-0.3, -0.25) is 9.78 Å². The van der Waals surface area contributed by atoms with Crippen molar-refractivity contribution in [3.8, 4) is 11.3 Å². The maximum Gasteiger partial charge on any atom is 0.187 e. The molecule has 2 aromatic heterocycles. The quantitative estimate of drug-likeness (QED) is 0.553. The average Bonchev–Trinajstić information content (AvgIpc) is 2.79. The molecule has 0 aliphatic carbocycles. The van der Waals surface area contributed by atoms with Crippen molar-refractivity contribution in [1.29, 1.82) is 0 Å². The number of carbonyl (C=O) groups excluding carboxylic acids is 1. The van der Waals surface area contributed by atoms with Crippen LogP contribution in [0.2, 0.25) is 0 Å². The van der Waals surface area contributed by atoms with Gasteiger partial charge in [-0.2, -0.15) is 0 Å². The lowest BCUT2D eigenvalue weighted by Gasteiger charge is -2.37. The maximum atomic E-state index is 14.2. The van der Waals surface area contributed by atoms with E-state index in [4.69, 9.17) is 16.2 Å². The van der Waals surface area contributed by atoms with Crippen molar-refractivity contribution in [3.05, 3.63) is 71.7 Å². The molecule has 0 amide bonds. The zero-order valence-electron chi connectivity index (χ0n) is 18.2. The van der Waals surface area contributed by atoms with Crippen LogP contribution in [-0.4, -0.2) is 48.1 Å². The summed E-state index contributed by atoms with van der Waals surface area (Å²) >= 11 is 0. The van der Waals surface area contributed by atoms with Gasteiger partial charge in [0.25, 0.3) is 0 Å². The smallest absolute Gasteiger partial charge is 0.187 e. The number of benzene rings is 1. The zero-order valence-corrected chi connectivity index (χ0v) is 18.2. The number of piperidine rings is 1. The van der Waals surface area contributed by atoms with Crippen molar-refractivity contribution in [1.82, 2.24) is 9.97 Å². The Labute approximate surface area is 190 Å². The lowest BCUT2D eigenvalue weighted by molar-refractivity contribution is 0.0835. The first-order valence-corrected chi connectivity index (χ1v) is 10.6. The third-order valence-corrected chi connectivity index (χ3v) is 5.76. The normalized spacial score (nSPS) is 18.4. The molecular weight excluding hydrogens is 428 g/mol. The number of hydrogen-bond acceptors (Lipinski definition) is 7. The van der Waals surface area contributed by atoms with Gasteiger partial charge in [0.05, 0.1) is 23.0 Å². The molecule has 0 radical (unpaired) electrons. The molecule has 1 saturated heterocycles. The molecule has 0 bridgehead atoms. The first kappa shape index (κ1) is 22.8. The molecule has 1 fully saturated rings. The molecule has 7 nitrogen and oxygen atoms in total. The molecule has 1 aliphatic rings. The lowest BCUT2D eigenvalue weighted by atomic mass is 10.00. The van der Waals surface area contributed by atoms with Crippen LogP contribution in [0.15, 0.2) is 48.8 Å². The fraction of sp³-hybridized carbons (Fsp3) is 0.292. The van der Waals surface area contributed by atoms with Crippen LogP contribution in [0.1, 0.15) is 22.5 Å². The van der Waals surface area contributed by atoms with Crippen LogP contribution in [0, 0.1) is 11.6 Å². The van der Waals surface area contributed by atoms with Gasteiger partial charge < -0.3 is 21.1 Å². The van der Waals surface area contributed by atoms with E-state index in [0.29, 0.717) is 18.7 Å². The summed E-state index contributed by atoms with van der Waals surface area (Å²) in [5.74, 6) is -1.92. The van der Waals surface area contributed by atoms with E-state index in [-0.39, 0.29) is 47.0 Å². The topological polar surface area (TPSA) is 107 Å². The van der Waals surface area contributed by atoms with Crippen LogP contribution in [0.5, 0.6) is 0 Å². The summed E-state index contributed by atoms with van der Waals surface area (Å²) in [6, 6.07) is 8.12. The van der Waals surface area contributed by atoms with Crippen molar-refractivity contribution in [3.63, 3.8) is 0 Å². The fourth-order valence-electron chi connectivity index (χ4n) is 4.15. The number of halogens is 2. The predicted octanol–water partition coefficient (Wildman–Crippen LogP) is 2.98. The van der Waals surface area contributed by atoms with E-state index in [2.05, 4.69) is 14.9 Å². The first-order valence-electron chi connectivity index (χ1n) is 10.6. The summed E-state index contributed by atoms with van der Waals surface area (Å²) < 4.78 is 34.0. The number of ketones is 1. The van der Waals surface area contributed by atoms with E-state index in [1.807, 2.05) is 6.07 Å². The van der Waals surface area contributed by atoms with Gasteiger partial charge in [-0.05, 0) is 36.8 Å². The second-order valence-electron chi connectivity index (χ2n) is 8.09. The fourth-order valence-corrected chi connectivity index (χ4v) is 4.15. The Kier molecular flexibility index (Phi) is 6.62. The third kappa shape index (κ3) is 4.84. The number of rotatable bonds is 6. The Bertz CT molecular complexity index is 1150. The van der Waals surface area contributed by atoms with Crippen molar-refractivity contribution in [2.45, 2.75) is 25.0 Å². The summed E-state index contributed by atoms with van der Waals surface area (Å²) in [6.45, 7) is 1.26. The predicted molar refractivity (Wildman–Crippen MR) is 122 cm³/mol. The minimum absolute atomic E-state index is 0.000462. The molecule has 1 aromatic carbocycles. The van der Waals surface area contributed by atoms with E-state index < -0.39 is 11.6 Å². The van der Waals surface area contributed by atoms with Crippen LogP contribution < -0.4 is 16.4 Å². The first-order chi connectivity index (χ1) is 15.9. The van der Waals surface area contributed by atoms with Gasteiger partial charge in [-0.25, -0.2) is 13.8 Å². The molecule has 0 saturated carbocycles. The standard InChI is InChI=1S/C24H25F2N5O2/c1-33-16-10-15(27)12-31(13-16)21-7-8-29-11-14(21)9-22(32)24-19(28)5-6-20(30-24)23-17(25)3-2-4-18(23)26/h2-8,11,15-16H,9-10,12-13,27-28H2,1H3/t15-,16+/m0/s1. The van der Waals surface area contributed by atoms with Gasteiger partial charge in [0.15, 0.2) is 5.78 Å². The Balaban J connectivity index is 1.64. The van der Waals surface area contributed by atoms with Gasteiger partial charge in [0, 0.05) is 56.3 Å². The number of nitrogens with zero attached hydrogens (tertiary/aromatic N) is 3. The second-order valence-corrected chi connectivity index (χ2v) is 8.09. The summed E-state index contributed by atoms with van der Waals surface area (Å²) in [7, 11) is 1.65. The number of hydrogen-bond donors (Lipinski definition) is 2. The minimum atomic E-state index is -0.769. The second kappa shape index (κ2) is 9.60. The number of anilines is 2. The van der Waals surface area contributed by atoms with Crippen molar-refractivity contribution in [2.24, 2.45) is 5.73 Å². The highest BCUT2D eigenvalue weighted by molar-refractivity contribution is 6.01. The van der Waals surface area contributed by atoms with Crippen LogP contribution in [-0.2, 0) is 11.2 Å². The third-order valence-electron chi connectivity index (χ3n) is 5.76. The molecule has 0 unspecified atom stereocenters. The summed E-state index contributed by atoms with van der Waals surface area (Å²) in [5.41, 5.74) is 13.5. The maximum absolute atomic E-state index is 14.2. The molecule has 1 aliphatic heterocycles. The average molecular weight is 453 g/mol. The van der Waals surface area contributed by atoms with E-state index in [9.17, 15) is 13.6 Å². The van der Waals surface area contributed by atoms with Crippen LogP contribution in [0.25, 0.3) is 11.3 Å². The van der Waals surface area contributed by atoms with Crippen molar-refractivity contribution < 1.29 is 18.3 Å². The number of nitrogens with two attached hydrogens (primary N) is 2. The molecule has 4 rings (SSSR count). The number of carbonyl (C=O) groups is 1. The zero-order chi connectivity index (χ0) is 23.5. The molecule has 3 heterocycles. The SMILES string of the molecule is CO[C@@H]1C[C@H](N)CN(c2ccncc2CC(=O)c2nc(-c3c(F)cccc3F)ccc2N)C1. The highest BCUT2D eigenvalue weighted by Gasteiger charge is 2.27. The van der Waals surface area contributed by atoms with Crippen LogP contribution in [0.3, 0.4) is 0 Å². The summed E-state index contributed by atoms with van der Waals surface area (Å²) in [5, 5.41) is 0. The Morgan fingerprint density at radius 2 is 1.94 bits per heavy atom. The van der Waals surface area contributed by atoms with Crippen molar-refractivity contribution >= 4 is 17.2 Å². The molecule has 0 spiro atoms. The molecule has 3 aromatic rings. The van der Waals surface area contributed by atoms with Crippen molar-refractivity contribution in [2.75, 3.05) is 30.8 Å². The number of pyridine rings is 2. The number of methoxy groups -OCH3 is 1. The summed E-state index contributed by atoms with van der Waals surface area (Å²) in [6.07, 6.45) is 3.97. The highest BCUT2D eigenvalue weighted by atomic mass is 19.1. The summed E-state index contributed by atoms with van der Waals surface area (Å²) in [4.78, 5) is 23.6. The largest absolute Gasteiger partial charge is 0.397 e. The van der Waals surface area contributed by atoms with E-state index >= 15 is 0 Å². The van der Waals surface area contributed by atoms with Crippen LogP contribution in [0.4, 0.5) is 20.2 Å². The van der Waals surface area contributed by atoms with Gasteiger partial charge in [-0.15, -0.1) is 0 Å². The monoisotopic (exact) mass is 453 g/mol. The van der Waals surface area contributed by atoms with Gasteiger partial charge in [0.2, 0.25) is 0 Å². The number of ether oxygens (including phenoxy) is 1. The Hall–Kier alpha value is -3.43. The van der Waals surface area contributed by atoms with Gasteiger partial charge in [-0.1, -0.05) is 6.07 Å². The molecule has 172 valence electrons. The molecule has 4 N–H and O–H groups in total. The number of aromatic nitrogens is 2. The van der Waals surface area contributed by atoms with Crippen LogP contribution >= 0.6 is 0 Å². The van der Waals surface area contributed by atoms with E-state index in [0.717, 1.165) is 24.2 Å². The number of nitrogen functional groups attached to an aromatic ring is 1. The molecule has 2 atom stereocenters. The van der Waals surface area contributed by atoms with Gasteiger partial charge in [0.1, 0.15) is 17.3 Å². The van der Waals surface area contributed by atoms with E-state index in [1.165, 1.54) is 18.2 Å². The number of Topliss-reactive ketones (excluding diaryl/α,β-unsaturated/α-hetero) is 1. The van der Waals surface area contributed by atoms with Gasteiger partial charge >= 0.3 is 0 Å². The minimum Gasteiger partial charge on any atom is -0.397 e. The molecular formula is C24H25F2N5O2. The molecule has 33 heavy (non-hydrogen) atoms.